The molecule has 1 heterocycles. The lowest BCUT2D eigenvalue weighted by molar-refractivity contribution is -0.146. The summed E-state index contributed by atoms with van der Waals surface area (Å²) in [6.07, 6.45) is 0.0310. The highest BCUT2D eigenvalue weighted by molar-refractivity contribution is 8.00. The van der Waals surface area contributed by atoms with Gasteiger partial charge in [0.1, 0.15) is 11.8 Å². The summed E-state index contributed by atoms with van der Waals surface area (Å²) in [6, 6.07) is 6.32. The molecule has 24 heavy (non-hydrogen) atoms. The average Bonchev–Trinajstić information content (AvgIpc) is 2.57. The maximum Gasteiger partial charge on any atom is 0.329 e. The number of esters is 1. The molecule has 2 unspecified atom stereocenters. The highest BCUT2D eigenvalue weighted by atomic mass is 32.2. The zero-order valence-corrected chi connectivity index (χ0v) is 14.4. The van der Waals surface area contributed by atoms with Crippen LogP contribution in [-0.2, 0) is 19.1 Å². The number of ether oxygens (including phenoxy) is 2. The van der Waals surface area contributed by atoms with Crippen LogP contribution >= 0.6 is 11.8 Å². The van der Waals surface area contributed by atoms with E-state index in [9.17, 15) is 14.4 Å². The molecule has 7 nitrogen and oxygen atoms in total. The van der Waals surface area contributed by atoms with Gasteiger partial charge in [-0.2, -0.15) is 0 Å². The Morgan fingerprint density at radius 1 is 1.42 bits per heavy atom. The van der Waals surface area contributed by atoms with Gasteiger partial charge in [0.25, 0.3) is 0 Å². The van der Waals surface area contributed by atoms with Gasteiger partial charge >= 0.3 is 5.97 Å². The van der Waals surface area contributed by atoms with Crippen molar-refractivity contribution >= 4 is 35.2 Å². The van der Waals surface area contributed by atoms with Crippen molar-refractivity contribution in [2.75, 3.05) is 24.8 Å². The molecule has 1 aliphatic rings. The lowest BCUT2D eigenvalue weighted by Gasteiger charge is -2.27. The van der Waals surface area contributed by atoms with Crippen LogP contribution in [0.1, 0.15) is 13.3 Å². The van der Waals surface area contributed by atoms with Crippen LogP contribution in [0.15, 0.2) is 24.3 Å². The second-order valence-electron chi connectivity index (χ2n) is 5.12. The molecule has 1 aromatic rings. The molecule has 1 aromatic carbocycles. The molecule has 1 aliphatic heterocycles. The smallest absolute Gasteiger partial charge is 0.329 e. The van der Waals surface area contributed by atoms with Crippen molar-refractivity contribution in [3.05, 3.63) is 24.3 Å². The monoisotopic (exact) mass is 352 g/mol. The van der Waals surface area contributed by atoms with E-state index in [-0.39, 0.29) is 24.8 Å². The van der Waals surface area contributed by atoms with Crippen LogP contribution in [-0.4, -0.2) is 48.5 Å². The van der Waals surface area contributed by atoms with Gasteiger partial charge in [0.2, 0.25) is 11.8 Å². The fourth-order valence-electron chi connectivity index (χ4n) is 2.20. The predicted molar refractivity (Wildman–Crippen MR) is 91.1 cm³/mol. The molecule has 0 aliphatic carbocycles. The van der Waals surface area contributed by atoms with Gasteiger partial charge in [0.15, 0.2) is 0 Å². The molecule has 0 saturated carbocycles. The van der Waals surface area contributed by atoms with Crippen LogP contribution in [0.4, 0.5) is 5.69 Å². The van der Waals surface area contributed by atoms with Gasteiger partial charge in [-0.25, -0.2) is 4.79 Å². The zero-order chi connectivity index (χ0) is 17.5. The van der Waals surface area contributed by atoms with E-state index in [0.717, 1.165) is 0 Å². The van der Waals surface area contributed by atoms with Crippen LogP contribution in [0.2, 0.25) is 0 Å². The van der Waals surface area contributed by atoms with Crippen molar-refractivity contribution in [2.24, 2.45) is 0 Å². The van der Waals surface area contributed by atoms with E-state index in [1.165, 1.54) is 11.8 Å². The van der Waals surface area contributed by atoms with Crippen molar-refractivity contribution in [3.8, 4) is 5.75 Å². The molecule has 2 atom stereocenters. The zero-order valence-electron chi connectivity index (χ0n) is 13.5. The fourth-order valence-corrected chi connectivity index (χ4v) is 3.33. The molecule has 0 aromatic heterocycles. The van der Waals surface area contributed by atoms with Gasteiger partial charge < -0.3 is 20.1 Å². The van der Waals surface area contributed by atoms with E-state index in [4.69, 9.17) is 9.47 Å². The van der Waals surface area contributed by atoms with E-state index >= 15 is 0 Å². The Morgan fingerprint density at radius 3 is 2.88 bits per heavy atom. The first-order valence-corrected chi connectivity index (χ1v) is 8.61. The maximum absolute atomic E-state index is 12.1. The van der Waals surface area contributed by atoms with Gasteiger partial charge in [0.05, 0.1) is 19.0 Å². The van der Waals surface area contributed by atoms with Gasteiger partial charge in [-0.15, -0.1) is 11.8 Å². The van der Waals surface area contributed by atoms with Crippen LogP contribution in [0.5, 0.6) is 5.75 Å². The number of methoxy groups -OCH3 is 1. The lowest BCUT2D eigenvalue weighted by atomic mass is 10.2. The number of nitrogens with one attached hydrogen (secondary N) is 2. The lowest BCUT2D eigenvalue weighted by Crippen LogP contribution is -2.51. The number of thioether (sulfide) groups is 1. The Bertz CT molecular complexity index is 622. The largest absolute Gasteiger partial charge is 0.497 e. The molecule has 1 fully saturated rings. The average molecular weight is 352 g/mol. The van der Waals surface area contributed by atoms with Crippen molar-refractivity contribution in [1.82, 2.24) is 5.32 Å². The maximum atomic E-state index is 12.1. The molecular formula is C16H20N2O5S. The SMILES string of the molecule is CCOC(=O)C1CSC(CC(=O)Nc2cccc(OC)c2)C(=O)N1. The number of anilines is 1. The minimum atomic E-state index is -0.653. The van der Waals surface area contributed by atoms with Gasteiger partial charge in [-0.3, -0.25) is 9.59 Å². The topological polar surface area (TPSA) is 93.7 Å². The molecule has 130 valence electrons. The minimum Gasteiger partial charge on any atom is -0.497 e. The molecular weight excluding hydrogens is 332 g/mol. The molecule has 1 saturated heterocycles. The molecule has 2 N–H and O–H groups in total. The van der Waals surface area contributed by atoms with E-state index in [0.29, 0.717) is 17.2 Å². The Balaban J connectivity index is 1.86. The number of amides is 2. The predicted octanol–water partition coefficient (Wildman–Crippen LogP) is 1.19. The highest BCUT2D eigenvalue weighted by Gasteiger charge is 2.34. The molecule has 2 rings (SSSR count). The van der Waals surface area contributed by atoms with E-state index in [1.807, 2.05) is 0 Å². The molecule has 0 bridgehead atoms. The summed E-state index contributed by atoms with van der Waals surface area (Å²) in [5.74, 6) is -0.0233. The summed E-state index contributed by atoms with van der Waals surface area (Å²) in [6.45, 7) is 1.98. The Morgan fingerprint density at radius 2 is 2.21 bits per heavy atom. The Hall–Kier alpha value is -2.22. The minimum absolute atomic E-state index is 0.0310. The molecule has 0 spiro atoms. The summed E-state index contributed by atoms with van der Waals surface area (Å²) in [5.41, 5.74) is 0.602. The van der Waals surface area contributed by atoms with Crippen LogP contribution in [0, 0.1) is 0 Å². The number of hydrogen-bond donors (Lipinski definition) is 2. The third kappa shape index (κ3) is 4.89. The first-order valence-electron chi connectivity index (χ1n) is 7.56. The molecule has 2 amide bonds. The quantitative estimate of drug-likeness (QED) is 0.747. The summed E-state index contributed by atoms with van der Waals surface area (Å²) in [7, 11) is 1.55. The second kappa shape index (κ2) is 8.58. The van der Waals surface area contributed by atoms with E-state index < -0.39 is 17.3 Å². The first-order chi connectivity index (χ1) is 11.5. The van der Waals surface area contributed by atoms with E-state index in [2.05, 4.69) is 10.6 Å². The summed E-state index contributed by atoms with van der Waals surface area (Å²) >= 11 is 1.28. The highest BCUT2D eigenvalue weighted by Crippen LogP contribution is 2.23. The third-order valence-corrected chi connectivity index (χ3v) is 4.68. The van der Waals surface area contributed by atoms with Gasteiger partial charge in [-0.1, -0.05) is 6.07 Å². The van der Waals surface area contributed by atoms with Crippen molar-refractivity contribution in [3.63, 3.8) is 0 Å². The third-order valence-electron chi connectivity index (χ3n) is 3.37. The Labute approximate surface area is 144 Å². The van der Waals surface area contributed by atoms with Crippen molar-refractivity contribution in [1.29, 1.82) is 0 Å². The molecule has 0 radical (unpaired) electrons. The van der Waals surface area contributed by atoms with Crippen molar-refractivity contribution < 1.29 is 23.9 Å². The summed E-state index contributed by atoms with van der Waals surface area (Å²) in [5, 5.41) is 4.81. The van der Waals surface area contributed by atoms with Crippen LogP contribution < -0.4 is 15.4 Å². The summed E-state index contributed by atoms with van der Waals surface area (Å²) in [4.78, 5) is 35.8. The second-order valence-corrected chi connectivity index (χ2v) is 6.36. The van der Waals surface area contributed by atoms with Crippen LogP contribution in [0.3, 0.4) is 0 Å². The van der Waals surface area contributed by atoms with Gasteiger partial charge in [-0.05, 0) is 19.1 Å². The normalized spacial score (nSPS) is 20.0. The standard InChI is InChI=1S/C16H20N2O5S/c1-3-23-16(21)12-9-24-13(15(20)18-12)8-14(19)17-10-5-4-6-11(7-10)22-2/h4-7,12-13H,3,8-9H2,1-2H3,(H,17,19)(H,18,20). The number of carbonyl (C=O) groups excluding carboxylic acids is 3. The number of carbonyl (C=O) groups is 3. The van der Waals surface area contributed by atoms with Crippen LogP contribution in [0.25, 0.3) is 0 Å². The number of benzene rings is 1. The van der Waals surface area contributed by atoms with E-state index in [1.54, 1.807) is 38.3 Å². The number of hydrogen-bond acceptors (Lipinski definition) is 6. The number of rotatable bonds is 6. The fraction of sp³-hybridized carbons (Fsp3) is 0.438. The first kappa shape index (κ1) is 18.1. The molecule has 8 heteroatoms. The van der Waals surface area contributed by atoms with Crippen molar-refractivity contribution in [2.45, 2.75) is 24.6 Å². The summed E-state index contributed by atoms with van der Waals surface area (Å²) < 4.78 is 9.98. The Kier molecular flexibility index (Phi) is 6.48. The van der Waals surface area contributed by atoms with Gasteiger partial charge in [0, 0.05) is 23.9 Å².